The van der Waals surface area contributed by atoms with Gasteiger partial charge in [0.05, 0.1) is 22.0 Å². The number of carbonyl (C=O) groups is 1. The smallest absolute Gasteiger partial charge is 0.335 e. The zero-order valence-corrected chi connectivity index (χ0v) is 12.5. The van der Waals surface area contributed by atoms with E-state index < -0.39 is 11.8 Å². The summed E-state index contributed by atoms with van der Waals surface area (Å²) in [5.74, 6) is -1.34. The highest BCUT2D eigenvalue weighted by Gasteiger charge is 2.12. The maximum atomic E-state index is 13.7. The number of hydrogen-bond acceptors (Lipinski definition) is 5. The average molecular weight is 359 g/mol. The summed E-state index contributed by atoms with van der Waals surface area (Å²) < 4.78 is 19.3. The summed E-state index contributed by atoms with van der Waals surface area (Å²) in [6.07, 6.45) is 1.48. The van der Waals surface area contributed by atoms with Crippen LogP contribution < -0.4 is 4.74 Å². The molecule has 0 spiro atoms. The average Bonchev–Trinajstić information content (AvgIpc) is 2.43. The minimum Gasteiger partial charge on any atom is -0.480 e. The lowest BCUT2D eigenvalue weighted by Crippen LogP contribution is -1.98. The van der Waals surface area contributed by atoms with Crippen LogP contribution in [0.5, 0.6) is 5.88 Å². The Hall–Kier alpha value is -1.67. The Morgan fingerprint density at radius 2 is 2.25 bits per heavy atom. The molecule has 20 heavy (non-hydrogen) atoms. The first-order valence-corrected chi connectivity index (χ1v) is 6.89. The van der Waals surface area contributed by atoms with E-state index in [4.69, 9.17) is 9.84 Å². The zero-order valence-electron chi connectivity index (χ0n) is 10.1. The summed E-state index contributed by atoms with van der Waals surface area (Å²) in [6, 6.07) is 3.53. The Bertz CT molecular complexity index is 669. The molecule has 0 radical (unpaired) electrons. The number of nitrogens with zero attached hydrogens (tertiary/aromatic N) is 2. The third kappa shape index (κ3) is 3.26. The predicted octanol–water partition coefficient (Wildman–Crippen LogP) is 3.24. The van der Waals surface area contributed by atoms with Gasteiger partial charge < -0.3 is 9.84 Å². The number of carboxylic acids is 1. The fraction of sp³-hybridized carbons (Fsp3) is 0.0833. The van der Waals surface area contributed by atoms with Crippen molar-refractivity contribution in [2.45, 2.75) is 10.1 Å². The highest BCUT2D eigenvalue weighted by Crippen LogP contribution is 2.31. The molecule has 8 heteroatoms. The summed E-state index contributed by atoms with van der Waals surface area (Å²) in [5, 5.41) is 9.15. The van der Waals surface area contributed by atoms with Gasteiger partial charge in [-0.2, -0.15) is 4.98 Å². The molecule has 2 aromatic rings. The minimum absolute atomic E-state index is 0.00187. The van der Waals surface area contributed by atoms with Crippen LogP contribution in [-0.2, 0) is 0 Å². The fourth-order valence-electron chi connectivity index (χ4n) is 1.34. The third-order valence-corrected chi connectivity index (χ3v) is 3.72. The lowest BCUT2D eigenvalue weighted by Gasteiger charge is -2.06. The van der Waals surface area contributed by atoms with E-state index in [0.717, 1.165) is 17.8 Å². The van der Waals surface area contributed by atoms with Gasteiger partial charge in [-0.15, -0.1) is 0 Å². The van der Waals surface area contributed by atoms with E-state index >= 15 is 0 Å². The number of hydrogen-bond donors (Lipinski definition) is 1. The van der Waals surface area contributed by atoms with E-state index in [-0.39, 0.29) is 15.6 Å². The van der Waals surface area contributed by atoms with Crippen LogP contribution in [0.1, 0.15) is 10.4 Å². The number of methoxy groups -OCH3 is 1. The molecular weight excluding hydrogens is 351 g/mol. The second kappa shape index (κ2) is 6.19. The molecule has 5 nitrogen and oxygen atoms in total. The SMILES string of the molecule is COc1nc(Sc2cc(C(=O)O)ccc2F)ncc1Br. The van der Waals surface area contributed by atoms with Crippen molar-refractivity contribution in [1.82, 2.24) is 9.97 Å². The Balaban J connectivity index is 2.34. The summed E-state index contributed by atoms with van der Waals surface area (Å²) in [7, 11) is 1.45. The lowest BCUT2D eigenvalue weighted by atomic mass is 10.2. The molecule has 0 fully saturated rings. The van der Waals surface area contributed by atoms with Crippen molar-refractivity contribution >= 4 is 33.7 Å². The van der Waals surface area contributed by atoms with Gasteiger partial charge in [-0.05, 0) is 45.9 Å². The van der Waals surface area contributed by atoms with Crippen LogP contribution in [0.15, 0.2) is 38.9 Å². The monoisotopic (exact) mass is 358 g/mol. The Morgan fingerprint density at radius 1 is 1.50 bits per heavy atom. The summed E-state index contributed by atoms with van der Waals surface area (Å²) in [5.41, 5.74) is -0.00187. The largest absolute Gasteiger partial charge is 0.480 e. The number of carboxylic acid groups (broad SMARTS) is 1. The summed E-state index contributed by atoms with van der Waals surface area (Å²) >= 11 is 4.13. The van der Waals surface area contributed by atoms with E-state index in [1.165, 1.54) is 25.4 Å². The molecule has 0 aliphatic heterocycles. The van der Waals surface area contributed by atoms with Crippen molar-refractivity contribution in [1.29, 1.82) is 0 Å². The van der Waals surface area contributed by atoms with Gasteiger partial charge in [0.15, 0.2) is 5.16 Å². The highest BCUT2D eigenvalue weighted by molar-refractivity contribution is 9.10. The lowest BCUT2D eigenvalue weighted by molar-refractivity contribution is 0.0696. The van der Waals surface area contributed by atoms with Crippen LogP contribution in [0.3, 0.4) is 0 Å². The van der Waals surface area contributed by atoms with Gasteiger partial charge in [-0.1, -0.05) is 0 Å². The number of halogens is 2. The van der Waals surface area contributed by atoms with Gasteiger partial charge in [0.25, 0.3) is 0 Å². The molecule has 1 aromatic heterocycles. The van der Waals surface area contributed by atoms with E-state index in [9.17, 15) is 9.18 Å². The van der Waals surface area contributed by atoms with Crippen LogP contribution in [0.25, 0.3) is 0 Å². The Labute approximate surface area is 126 Å². The molecule has 0 atom stereocenters. The number of aromatic nitrogens is 2. The molecule has 0 unspecified atom stereocenters. The van der Waals surface area contributed by atoms with E-state index in [2.05, 4.69) is 25.9 Å². The molecular formula is C12H8BrFN2O3S. The minimum atomic E-state index is -1.12. The van der Waals surface area contributed by atoms with Gasteiger partial charge >= 0.3 is 5.97 Å². The molecule has 0 bridgehead atoms. The molecule has 0 saturated heterocycles. The number of ether oxygens (including phenoxy) is 1. The van der Waals surface area contributed by atoms with Crippen molar-refractivity contribution in [2.75, 3.05) is 7.11 Å². The predicted molar refractivity (Wildman–Crippen MR) is 73.8 cm³/mol. The van der Waals surface area contributed by atoms with E-state index in [1.54, 1.807) is 0 Å². The van der Waals surface area contributed by atoms with Gasteiger partial charge in [0, 0.05) is 6.20 Å². The summed E-state index contributed by atoms with van der Waals surface area (Å²) in [4.78, 5) is 19.1. The Kier molecular flexibility index (Phi) is 4.56. The van der Waals surface area contributed by atoms with Crippen molar-refractivity contribution < 1.29 is 19.0 Å². The maximum absolute atomic E-state index is 13.7. The quantitative estimate of drug-likeness (QED) is 0.845. The van der Waals surface area contributed by atoms with Crippen molar-refractivity contribution in [3.63, 3.8) is 0 Å². The van der Waals surface area contributed by atoms with Crippen molar-refractivity contribution in [3.05, 3.63) is 40.2 Å². The molecule has 0 saturated carbocycles. The van der Waals surface area contributed by atoms with Crippen LogP contribution in [-0.4, -0.2) is 28.2 Å². The molecule has 2 rings (SSSR count). The normalized spacial score (nSPS) is 10.3. The third-order valence-electron chi connectivity index (χ3n) is 2.26. The molecule has 1 N–H and O–H groups in total. The van der Waals surface area contributed by atoms with Crippen molar-refractivity contribution in [2.24, 2.45) is 0 Å². The molecule has 0 amide bonds. The molecule has 104 valence electrons. The second-order valence-corrected chi connectivity index (χ2v) is 5.43. The van der Waals surface area contributed by atoms with Crippen LogP contribution in [0, 0.1) is 5.82 Å². The first-order chi connectivity index (χ1) is 9.51. The second-order valence-electron chi connectivity index (χ2n) is 3.56. The molecule has 0 aliphatic rings. The molecule has 1 aromatic carbocycles. The van der Waals surface area contributed by atoms with Crippen LogP contribution in [0.4, 0.5) is 4.39 Å². The van der Waals surface area contributed by atoms with Gasteiger partial charge in [0.2, 0.25) is 5.88 Å². The summed E-state index contributed by atoms with van der Waals surface area (Å²) in [6.45, 7) is 0. The van der Waals surface area contributed by atoms with Gasteiger partial charge in [-0.3, -0.25) is 0 Å². The first kappa shape index (κ1) is 14.7. The number of rotatable bonds is 4. The maximum Gasteiger partial charge on any atom is 0.335 e. The number of benzene rings is 1. The highest BCUT2D eigenvalue weighted by atomic mass is 79.9. The van der Waals surface area contributed by atoms with Crippen molar-refractivity contribution in [3.8, 4) is 5.88 Å². The van der Waals surface area contributed by atoms with Gasteiger partial charge in [-0.25, -0.2) is 14.2 Å². The van der Waals surface area contributed by atoms with Gasteiger partial charge in [0.1, 0.15) is 5.82 Å². The van der Waals surface area contributed by atoms with Crippen LogP contribution in [0.2, 0.25) is 0 Å². The Morgan fingerprint density at radius 3 is 2.90 bits per heavy atom. The zero-order chi connectivity index (χ0) is 14.7. The fourth-order valence-corrected chi connectivity index (χ4v) is 2.48. The number of aromatic carboxylic acids is 1. The van der Waals surface area contributed by atoms with Crippen LogP contribution >= 0.6 is 27.7 Å². The topological polar surface area (TPSA) is 72.3 Å². The van der Waals surface area contributed by atoms with E-state index in [1.807, 2.05) is 0 Å². The van der Waals surface area contributed by atoms with E-state index in [0.29, 0.717) is 10.4 Å². The first-order valence-electron chi connectivity index (χ1n) is 5.28. The molecule has 0 aliphatic carbocycles. The molecule has 1 heterocycles. The standard InChI is InChI=1S/C12H8BrFN2O3S/c1-19-10-7(13)5-15-12(16-10)20-9-4-6(11(17)18)2-3-8(9)14/h2-5H,1H3,(H,17,18).